The van der Waals surface area contributed by atoms with Crippen molar-refractivity contribution in [3.8, 4) is 17.2 Å². The molecule has 12 heterocycles. The predicted octanol–water partition coefficient (Wildman–Crippen LogP) is 11.9. The van der Waals surface area contributed by atoms with Crippen molar-refractivity contribution in [2.45, 2.75) is 206 Å². The van der Waals surface area contributed by atoms with Crippen LogP contribution in [-0.2, 0) is 66.9 Å². The van der Waals surface area contributed by atoms with E-state index in [1.54, 1.807) is 73.1 Å². The van der Waals surface area contributed by atoms with Crippen molar-refractivity contribution in [3.05, 3.63) is 333 Å². The number of rotatable bonds is 32. The molecule has 8 amide bonds. The molecule has 0 saturated heterocycles. The summed E-state index contributed by atoms with van der Waals surface area (Å²) in [6, 6.07) is 48.6. The van der Waals surface area contributed by atoms with E-state index in [1.165, 1.54) is 18.2 Å². The van der Waals surface area contributed by atoms with Crippen LogP contribution in [-0.4, -0.2) is 174 Å². The number of nitrogens with zero attached hydrogens (tertiary/aromatic N) is 12. The number of nitrogens with one attached hydrogen (secondary N) is 8. The first-order chi connectivity index (χ1) is 69.6. The molecule has 144 heavy (non-hydrogen) atoms. The van der Waals surface area contributed by atoms with Gasteiger partial charge in [-0.25, -0.2) is 29.9 Å². The van der Waals surface area contributed by atoms with Crippen LogP contribution in [0.4, 0.5) is 0 Å². The summed E-state index contributed by atoms with van der Waals surface area (Å²) in [5.74, 6) is -3.02. The predicted molar refractivity (Wildman–Crippen MR) is 534 cm³/mol. The lowest BCUT2D eigenvalue weighted by Crippen LogP contribution is -2.46. The smallest absolute Gasteiger partial charge is 0.305 e. The number of pyridine rings is 3. The number of benzene rings is 5. The van der Waals surface area contributed by atoms with Gasteiger partial charge in [-0.1, -0.05) is 152 Å². The number of hydrogen-bond donors (Lipinski definition) is 11. The molecule has 6 aliphatic rings. The van der Waals surface area contributed by atoms with Gasteiger partial charge in [0.05, 0.1) is 103 Å². The van der Waals surface area contributed by atoms with Crippen molar-refractivity contribution >= 4 is 86.7 Å². The van der Waals surface area contributed by atoms with E-state index in [2.05, 4.69) is 66.5 Å². The zero-order chi connectivity index (χ0) is 101. The Bertz CT molecular complexity index is 7340. The molecule has 5 aromatic carbocycles. The molecule has 0 spiro atoms. The van der Waals surface area contributed by atoms with Crippen molar-refractivity contribution in [3.63, 3.8) is 0 Å². The van der Waals surface area contributed by atoms with Gasteiger partial charge in [-0.05, 0) is 108 Å². The second-order valence-corrected chi connectivity index (χ2v) is 37.3. The maximum absolute atomic E-state index is 13.7. The number of nitrogens with two attached hydrogens (primary N) is 1. The topological polar surface area (TPSA) is 499 Å². The van der Waals surface area contributed by atoms with Crippen LogP contribution in [0.2, 0.25) is 0 Å². The van der Waals surface area contributed by atoms with Crippen LogP contribution < -0.4 is 58.1 Å². The molecular weight excluding hydrogens is 1840 g/mol. The molecule has 3 aliphatic heterocycles. The summed E-state index contributed by atoms with van der Waals surface area (Å²) in [6.07, 6.45) is 16.1. The zero-order valence-electron chi connectivity index (χ0n) is 80.5. The van der Waals surface area contributed by atoms with Crippen molar-refractivity contribution in [1.82, 2.24) is 99.8 Å². The fourth-order valence-electron chi connectivity index (χ4n) is 18.0. The summed E-state index contributed by atoms with van der Waals surface area (Å²) in [6.45, 7) is 14.9. The van der Waals surface area contributed by atoms with Gasteiger partial charge in [0.25, 0.3) is 35.4 Å². The molecule has 37 heteroatoms. The Morgan fingerprint density at radius 2 is 0.715 bits per heavy atom. The summed E-state index contributed by atoms with van der Waals surface area (Å²) >= 11 is 0. The monoisotopic (exact) mass is 1950 g/mol. The average molecular weight is 1950 g/mol. The van der Waals surface area contributed by atoms with Gasteiger partial charge >= 0.3 is 5.97 Å². The number of aromatic amines is 3. The van der Waals surface area contributed by atoms with Gasteiger partial charge < -0.3 is 95.4 Å². The number of aromatic hydroxyl groups is 1. The van der Waals surface area contributed by atoms with Crippen LogP contribution >= 0.6 is 0 Å². The summed E-state index contributed by atoms with van der Waals surface area (Å²) in [7, 11) is 0. The van der Waals surface area contributed by atoms with E-state index >= 15 is 0 Å². The molecule has 3 fully saturated rings. The van der Waals surface area contributed by atoms with Crippen LogP contribution in [0.15, 0.2) is 221 Å². The van der Waals surface area contributed by atoms with E-state index in [4.69, 9.17) is 20.2 Å². The molecular formula is C107H113N21O16. The van der Waals surface area contributed by atoms with E-state index in [9.17, 15) is 67.7 Å². The van der Waals surface area contributed by atoms with Gasteiger partial charge in [0.15, 0.2) is 51.3 Å². The molecule has 0 unspecified atom stereocenters. The lowest BCUT2D eigenvalue weighted by atomic mass is 10.0. The molecule has 3 aliphatic carbocycles. The third-order valence-corrected chi connectivity index (χ3v) is 26.2. The van der Waals surface area contributed by atoms with Gasteiger partial charge in [-0.2, -0.15) is 0 Å². The zero-order valence-corrected chi connectivity index (χ0v) is 80.5. The second-order valence-electron chi connectivity index (χ2n) is 37.3. The fourth-order valence-corrected chi connectivity index (χ4v) is 18.0. The van der Waals surface area contributed by atoms with Crippen LogP contribution in [0.5, 0.6) is 17.2 Å². The number of carbonyl (C=O) groups is 9. The quantitative estimate of drug-likeness (QED) is 0.0186. The SMILES string of the molecule is CC(C)N1CCn2c(CN)cc(=O)c(OCc3ccccc3)c2C1=O.CC(C)N1CCn2c(CNC(=O)C[C@H](NC(=O)c3c[nH]c4ncc(C5CC5)nc34)c3ccccc3)cc(=O)c(O)c2C1=O.CC(C)N1CCn2c(CNC(=O)C[C@H](NC(=O)c3c[nH]c4ncc(C5CC5)nc34)c3ccccc3)cc(=O)c(OCc3ccccc3)c2C1=O.O=C(O)C[C@H](NC(=O)c1c[nH]c2ncc(C3CC3)nc12)c1ccccc1. The van der Waals surface area contributed by atoms with E-state index in [0.717, 1.165) is 83.4 Å². The number of carboxylic acid groups (broad SMARTS) is 1. The summed E-state index contributed by atoms with van der Waals surface area (Å²) in [4.78, 5) is 197. The Hall–Kier alpha value is -16.6. The standard InChI is InChI=1S/C38H39N7O5.C31H33N7O5.C19H18N4O3.C19H23N3O3/c1-23(2)44-15-16-45-27(17-31(46)35(34(45)38(44)49)50-22-24-9-5-3-6-10-24)19-39-32(47)18-29(25-11-7-4-8-12-25)43-37(48)28-20-40-36-33(28)42-30(21-41-36)26-13-14-26;1-17(2)37-10-11-38-20(12-24(39)28(41)27(38)31(37)43)14-32-25(40)13-22(18-6-4-3-5-7-18)36-30(42)21-15-33-29-26(21)35-23(16-34-29)19-8-9-19;24-16(25)8-14(11-4-2-1-3-5-11)23-19(26)13-9-20-18-17(13)22-15(10-21-18)12-6-7-12;1-13(2)21-8-9-22-15(11-20)10-16(23)18(17(22)19(21)24)25-12-14-6-4-3-5-7-14/h3-12,17,20-21,23,26,29H,13-16,18-19,22H2,1-2H3,(H,39,47)(H,40,41)(H,43,48);3-7,12,15-17,19,22,41H,8-11,13-14H2,1-2H3,(H,32,40)(H,33,34)(H,36,42);1-5,9-10,12,14H,6-8H2,(H,20,21)(H,23,26)(H,24,25);3-7,10,13H,8-9,11-12,20H2,1-2H3/t29-;22-;14-;/m000./s1. The third kappa shape index (κ3) is 22.9. The molecule has 3 saturated carbocycles. The molecule has 14 aromatic rings. The first-order valence-electron chi connectivity index (χ1n) is 48.4. The van der Waals surface area contributed by atoms with Crippen LogP contribution in [0.1, 0.15) is 260 Å². The average Bonchev–Trinajstić information content (AvgIpc) is 1.46. The number of aliphatic carboxylic acids is 1. The Kier molecular flexibility index (Phi) is 30.3. The Morgan fingerprint density at radius 1 is 0.410 bits per heavy atom. The largest absolute Gasteiger partial charge is 0.503 e. The van der Waals surface area contributed by atoms with E-state index < -0.39 is 46.6 Å². The van der Waals surface area contributed by atoms with Crippen LogP contribution in [0, 0.1) is 0 Å². The number of amides is 8. The van der Waals surface area contributed by atoms with Crippen LogP contribution in [0.25, 0.3) is 33.5 Å². The highest BCUT2D eigenvalue weighted by Gasteiger charge is 2.39. The minimum Gasteiger partial charge on any atom is -0.503 e. The highest BCUT2D eigenvalue weighted by molar-refractivity contribution is 6.07. The van der Waals surface area contributed by atoms with Crippen molar-refractivity contribution in [2.24, 2.45) is 5.73 Å². The first-order valence-corrected chi connectivity index (χ1v) is 48.4. The Morgan fingerprint density at radius 3 is 1.04 bits per heavy atom. The Labute approximate surface area is 826 Å². The molecule has 742 valence electrons. The van der Waals surface area contributed by atoms with Crippen molar-refractivity contribution < 1.29 is 62.8 Å². The Balaban J connectivity index is 0.000000137. The number of carboxylic acids is 1. The van der Waals surface area contributed by atoms with E-state index in [1.807, 2.05) is 186 Å². The minimum absolute atomic E-state index is 0.00245. The number of aromatic nitrogens is 12. The van der Waals surface area contributed by atoms with Gasteiger partial charge in [-0.15, -0.1) is 0 Å². The summed E-state index contributed by atoms with van der Waals surface area (Å²) in [5.41, 5.74) is 17.2. The molecule has 37 nitrogen and oxygen atoms in total. The number of carbonyl (C=O) groups excluding carboxylic acids is 8. The van der Waals surface area contributed by atoms with Crippen molar-refractivity contribution in [2.75, 3.05) is 19.6 Å². The second kappa shape index (κ2) is 44.1. The van der Waals surface area contributed by atoms with Crippen LogP contribution in [0.3, 0.4) is 0 Å². The summed E-state index contributed by atoms with van der Waals surface area (Å²) < 4.78 is 17.0. The first kappa shape index (κ1) is 99.0. The highest BCUT2D eigenvalue weighted by atomic mass is 16.5. The molecule has 12 N–H and O–H groups in total. The number of ether oxygens (including phenoxy) is 2. The fraction of sp³-hybridized carbons (Fsp3) is 0.327. The highest BCUT2D eigenvalue weighted by Crippen LogP contribution is 2.42. The third-order valence-electron chi connectivity index (χ3n) is 26.2. The molecule has 0 radical (unpaired) electrons. The van der Waals surface area contributed by atoms with Gasteiger partial charge in [0.2, 0.25) is 28.1 Å². The maximum atomic E-state index is 13.7. The number of hydrogen-bond acceptors (Lipinski definition) is 22. The number of fused-ring (bicyclic) bond motifs is 6. The number of H-pyrrole nitrogens is 3. The lowest BCUT2D eigenvalue weighted by Gasteiger charge is -2.35. The van der Waals surface area contributed by atoms with Gasteiger partial charge in [0, 0.05) is 136 Å². The van der Waals surface area contributed by atoms with Gasteiger partial charge in [0.1, 0.15) is 29.8 Å². The summed E-state index contributed by atoms with van der Waals surface area (Å²) in [5, 5.41) is 34.2. The molecule has 9 aromatic heterocycles. The van der Waals surface area contributed by atoms with E-state index in [0.29, 0.717) is 130 Å². The van der Waals surface area contributed by atoms with Crippen molar-refractivity contribution in [1.29, 1.82) is 0 Å². The molecule has 0 bridgehead atoms. The molecule has 20 rings (SSSR count). The minimum atomic E-state index is -0.978. The maximum Gasteiger partial charge on any atom is 0.305 e. The normalized spacial score (nSPS) is 14.8. The molecule has 3 atom stereocenters. The lowest BCUT2D eigenvalue weighted by molar-refractivity contribution is -0.137. The van der Waals surface area contributed by atoms with Gasteiger partial charge in [-0.3, -0.25) is 57.5 Å². The van der Waals surface area contributed by atoms with E-state index in [-0.39, 0.29) is 140 Å².